The van der Waals surface area contributed by atoms with Gasteiger partial charge in [0.05, 0.1) is 16.4 Å². The van der Waals surface area contributed by atoms with Gasteiger partial charge in [-0.1, -0.05) is 53.0 Å². The van der Waals surface area contributed by atoms with E-state index in [2.05, 4.69) is 10.3 Å². The molecule has 0 fully saturated rings. The minimum atomic E-state index is -0.401. The number of anilines is 1. The molecule has 1 atom stereocenters. The zero-order valence-electron chi connectivity index (χ0n) is 9.70. The first-order chi connectivity index (χ1) is 9.16. The lowest BCUT2D eigenvalue weighted by Crippen LogP contribution is -2.08. The summed E-state index contributed by atoms with van der Waals surface area (Å²) < 4.78 is 0. The molecule has 0 bridgehead atoms. The highest BCUT2D eigenvalue weighted by Crippen LogP contribution is 2.40. The van der Waals surface area contributed by atoms with Crippen LogP contribution in [-0.2, 0) is 0 Å². The quantitative estimate of drug-likeness (QED) is 0.557. The Kier molecular flexibility index (Phi) is 3.40. The molecule has 1 unspecified atom stereocenters. The van der Waals surface area contributed by atoms with Gasteiger partial charge in [0.15, 0.2) is 5.50 Å². The number of benzene rings is 2. The second-order valence-corrected chi connectivity index (χ2v) is 5.38. The highest BCUT2D eigenvalue weighted by atomic mass is 35.5. The topological polar surface area (TPSA) is 24.4 Å². The minimum Gasteiger partial charge on any atom is -0.346 e. The fourth-order valence-corrected chi connectivity index (χ4v) is 2.70. The van der Waals surface area contributed by atoms with Gasteiger partial charge in [-0.05, 0) is 29.3 Å². The lowest BCUT2D eigenvalue weighted by atomic mass is 9.97. The lowest BCUT2D eigenvalue weighted by molar-refractivity contribution is 1.01. The second kappa shape index (κ2) is 5.04. The SMILES string of the molecule is Clc1ccc(-c2cccc3c2C(Cl)N=CN3)cc1Cl. The summed E-state index contributed by atoms with van der Waals surface area (Å²) in [6.45, 7) is 0. The van der Waals surface area contributed by atoms with E-state index in [1.54, 1.807) is 12.4 Å². The number of fused-ring (bicyclic) bond motifs is 1. The third kappa shape index (κ3) is 2.32. The van der Waals surface area contributed by atoms with Crippen LogP contribution in [0.25, 0.3) is 11.1 Å². The predicted octanol–water partition coefficient (Wildman–Crippen LogP) is 5.35. The summed E-state index contributed by atoms with van der Waals surface area (Å²) in [7, 11) is 0. The maximum absolute atomic E-state index is 6.28. The minimum absolute atomic E-state index is 0.401. The number of alkyl halides is 1. The van der Waals surface area contributed by atoms with E-state index in [1.165, 1.54) is 0 Å². The van der Waals surface area contributed by atoms with Crippen molar-refractivity contribution in [2.45, 2.75) is 5.50 Å². The summed E-state index contributed by atoms with van der Waals surface area (Å²) in [6.07, 6.45) is 1.61. The van der Waals surface area contributed by atoms with Crippen LogP contribution in [0.15, 0.2) is 41.4 Å². The molecule has 0 amide bonds. The Morgan fingerprint density at radius 2 is 1.89 bits per heavy atom. The number of hydrogen-bond acceptors (Lipinski definition) is 2. The molecule has 0 radical (unpaired) electrons. The first kappa shape index (κ1) is 12.8. The third-order valence-corrected chi connectivity index (χ3v) is 4.07. The van der Waals surface area contributed by atoms with Gasteiger partial charge in [-0.15, -0.1) is 0 Å². The zero-order chi connectivity index (χ0) is 13.4. The first-order valence-corrected chi connectivity index (χ1v) is 6.86. The highest BCUT2D eigenvalue weighted by Gasteiger charge is 2.19. The number of nitrogens with zero attached hydrogens (tertiary/aromatic N) is 1. The molecule has 0 saturated carbocycles. The van der Waals surface area contributed by atoms with E-state index >= 15 is 0 Å². The van der Waals surface area contributed by atoms with Crippen molar-refractivity contribution in [1.82, 2.24) is 0 Å². The maximum Gasteiger partial charge on any atom is 0.153 e. The molecule has 0 saturated heterocycles. The number of halogens is 3. The van der Waals surface area contributed by atoms with Crippen LogP contribution >= 0.6 is 34.8 Å². The van der Waals surface area contributed by atoms with Crippen molar-refractivity contribution in [2.24, 2.45) is 4.99 Å². The summed E-state index contributed by atoms with van der Waals surface area (Å²) in [5, 5.41) is 4.15. The molecule has 2 aromatic carbocycles. The molecule has 0 spiro atoms. The summed E-state index contributed by atoms with van der Waals surface area (Å²) in [5.74, 6) is 0. The number of hydrogen-bond donors (Lipinski definition) is 1. The number of rotatable bonds is 1. The van der Waals surface area contributed by atoms with Crippen molar-refractivity contribution in [3.8, 4) is 11.1 Å². The van der Waals surface area contributed by atoms with Gasteiger partial charge in [-0.2, -0.15) is 0 Å². The second-order valence-electron chi connectivity index (χ2n) is 4.15. The van der Waals surface area contributed by atoms with Gasteiger partial charge >= 0.3 is 0 Å². The Hall–Kier alpha value is -1.22. The lowest BCUT2D eigenvalue weighted by Gasteiger charge is -2.20. The Morgan fingerprint density at radius 1 is 1.05 bits per heavy atom. The fraction of sp³-hybridized carbons (Fsp3) is 0.0714. The summed E-state index contributed by atoms with van der Waals surface area (Å²) >= 11 is 18.3. The van der Waals surface area contributed by atoms with E-state index in [0.29, 0.717) is 10.0 Å². The third-order valence-electron chi connectivity index (χ3n) is 3.00. The first-order valence-electron chi connectivity index (χ1n) is 5.67. The molecule has 2 aromatic rings. The van der Waals surface area contributed by atoms with Crippen molar-refractivity contribution in [3.05, 3.63) is 52.0 Å². The van der Waals surface area contributed by atoms with Crippen LogP contribution in [0.2, 0.25) is 10.0 Å². The van der Waals surface area contributed by atoms with E-state index in [9.17, 15) is 0 Å². The van der Waals surface area contributed by atoms with E-state index < -0.39 is 5.50 Å². The van der Waals surface area contributed by atoms with Crippen LogP contribution in [0.4, 0.5) is 5.69 Å². The van der Waals surface area contributed by atoms with Crippen LogP contribution in [-0.4, -0.2) is 6.34 Å². The Bertz CT molecular complexity index is 668. The van der Waals surface area contributed by atoms with Crippen LogP contribution < -0.4 is 5.32 Å². The monoisotopic (exact) mass is 310 g/mol. The normalized spacial score (nSPS) is 16.9. The van der Waals surface area contributed by atoms with Gasteiger partial charge in [0.2, 0.25) is 0 Å². The Labute approximate surface area is 126 Å². The molecular formula is C14H9Cl3N2. The molecule has 5 heteroatoms. The fourth-order valence-electron chi connectivity index (χ4n) is 2.11. The van der Waals surface area contributed by atoms with Crippen molar-refractivity contribution in [1.29, 1.82) is 0 Å². The van der Waals surface area contributed by atoms with Crippen LogP contribution in [0, 0.1) is 0 Å². The van der Waals surface area contributed by atoms with E-state index in [-0.39, 0.29) is 0 Å². The summed E-state index contributed by atoms with van der Waals surface area (Å²) in [6, 6.07) is 11.5. The molecule has 96 valence electrons. The van der Waals surface area contributed by atoms with Crippen LogP contribution in [0.5, 0.6) is 0 Å². The maximum atomic E-state index is 6.28. The van der Waals surface area contributed by atoms with Gasteiger partial charge in [-0.25, -0.2) is 0 Å². The number of aliphatic imine (C=N–C) groups is 1. The van der Waals surface area contributed by atoms with Crippen molar-refractivity contribution >= 4 is 46.8 Å². The molecule has 1 heterocycles. The molecule has 19 heavy (non-hydrogen) atoms. The van der Waals surface area contributed by atoms with E-state index in [4.69, 9.17) is 34.8 Å². The van der Waals surface area contributed by atoms with Crippen molar-refractivity contribution < 1.29 is 0 Å². The average molecular weight is 312 g/mol. The highest BCUT2D eigenvalue weighted by molar-refractivity contribution is 6.42. The average Bonchev–Trinajstić information content (AvgIpc) is 2.42. The van der Waals surface area contributed by atoms with Crippen molar-refractivity contribution in [3.63, 3.8) is 0 Å². The van der Waals surface area contributed by atoms with Gasteiger partial charge in [0, 0.05) is 11.3 Å². The molecule has 0 aromatic heterocycles. The van der Waals surface area contributed by atoms with Crippen LogP contribution in [0.1, 0.15) is 11.1 Å². The van der Waals surface area contributed by atoms with Gasteiger partial charge in [-0.3, -0.25) is 4.99 Å². The van der Waals surface area contributed by atoms with E-state index in [0.717, 1.165) is 22.4 Å². The largest absolute Gasteiger partial charge is 0.346 e. The standard InChI is InChI=1S/C14H9Cl3N2/c15-10-5-4-8(6-11(10)16)9-2-1-3-12-13(9)14(17)19-7-18-12/h1-7,14H,(H,18,19). The Morgan fingerprint density at radius 3 is 2.68 bits per heavy atom. The number of nitrogens with one attached hydrogen (secondary N) is 1. The molecule has 1 N–H and O–H groups in total. The predicted molar refractivity (Wildman–Crippen MR) is 82.6 cm³/mol. The molecule has 0 aliphatic carbocycles. The van der Waals surface area contributed by atoms with Gasteiger partial charge in [0.1, 0.15) is 0 Å². The Balaban J connectivity index is 2.19. The van der Waals surface area contributed by atoms with Gasteiger partial charge < -0.3 is 5.32 Å². The van der Waals surface area contributed by atoms with Gasteiger partial charge in [0.25, 0.3) is 0 Å². The summed E-state index contributed by atoms with van der Waals surface area (Å²) in [4.78, 5) is 4.17. The molecule has 1 aliphatic heterocycles. The molecule has 1 aliphatic rings. The smallest absolute Gasteiger partial charge is 0.153 e. The molecule has 3 rings (SSSR count). The van der Waals surface area contributed by atoms with Crippen LogP contribution in [0.3, 0.4) is 0 Å². The van der Waals surface area contributed by atoms with Crippen molar-refractivity contribution in [2.75, 3.05) is 5.32 Å². The zero-order valence-corrected chi connectivity index (χ0v) is 12.0. The van der Waals surface area contributed by atoms with E-state index in [1.807, 2.05) is 30.3 Å². The summed E-state index contributed by atoms with van der Waals surface area (Å²) in [5.41, 5.74) is 3.47. The molecular weight excluding hydrogens is 303 g/mol. The molecule has 2 nitrogen and oxygen atoms in total.